The molecule has 178 valence electrons. The third kappa shape index (κ3) is 7.76. The highest BCUT2D eigenvalue weighted by Gasteiger charge is 2.20. The minimum Gasteiger partial charge on any atom is -0.490 e. The fraction of sp³-hybridized carbons (Fsp3) is 0.391. The Kier molecular flexibility index (Phi) is 8.67. The molecule has 9 nitrogen and oxygen atoms in total. The smallest absolute Gasteiger partial charge is 0.321 e. The fourth-order valence-corrected chi connectivity index (χ4v) is 4.15. The molecule has 1 amide bonds. The van der Waals surface area contributed by atoms with Crippen molar-refractivity contribution >= 4 is 21.9 Å². The lowest BCUT2D eigenvalue weighted by Crippen LogP contribution is -2.37. The molecule has 0 saturated heterocycles. The van der Waals surface area contributed by atoms with E-state index in [9.17, 15) is 18.0 Å². The highest BCUT2D eigenvalue weighted by molar-refractivity contribution is 7.89. The second-order valence-corrected chi connectivity index (χ2v) is 9.40. The van der Waals surface area contributed by atoms with Crippen LogP contribution in [0.3, 0.4) is 0 Å². The number of hydrogen-bond donors (Lipinski definition) is 2. The molecule has 0 aliphatic carbocycles. The summed E-state index contributed by atoms with van der Waals surface area (Å²) in [5, 5.41) is 2.76. The molecule has 2 N–H and O–H groups in total. The molecule has 3 rings (SSSR count). The maximum absolute atomic E-state index is 12.5. The van der Waals surface area contributed by atoms with Gasteiger partial charge in [0, 0.05) is 18.5 Å². The van der Waals surface area contributed by atoms with Crippen molar-refractivity contribution in [3.05, 3.63) is 54.1 Å². The molecule has 0 bridgehead atoms. The number of sulfonamides is 1. The molecule has 1 atom stereocenters. The Bertz CT molecular complexity index is 1060. The Labute approximate surface area is 193 Å². The summed E-state index contributed by atoms with van der Waals surface area (Å²) >= 11 is 0. The quantitative estimate of drug-likeness (QED) is 0.502. The van der Waals surface area contributed by atoms with Crippen molar-refractivity contribution < 1.29 is 32.2 Å². The predicted octanol–water partition coefficient (Wildman–Crippen LogP) is 1.81. The van der Waals surface area contributed by atoms with E-state index in [0.29, 0.717) is 31.1 Å². The second-order valence-electron chi connectivity index (χ2n) is 7.64. The number of aryl methyl sites for hydroxylation is 1. The van der Waals surface area contributed by atoms with Crippen molar-refractivity contribution in [1.82, 2.24) is 10.0 Å². The van der Waals surface area contributed by atoms with Gasteiger partial charge in [-0.2, -0.15) is 4.72 Å². The molecule has 2 aromatic rings. The third-order valence-corrected chi connectivity index (χ3v) is 6.32. The molecule has 1 aliphatic rings. The summed E-state index contributed by atoms with van der Waals surface area (Å²) < 4.78 is 43.0. The molecule has 0 unspecified atom stereocenters. The van der Waals surface area contributed by atoms with Gasteiger partial charge in [0.2, 0.25) is 10.0 Å². The minimum atomic E-state index is -3.98. The Morgan fingerprint density at radius 3 is 2.55 bits per heavy atom. The lowest BCUT2D eigenvalue weighted by molar-refractivity contribution is -0.147. The fourth-order valence-electron chi connectivity index (χ4n) is 3.16. The van der Waals surface area contributed by atoms with Crippen molar-refractivity contribution in [2.45, 2.75) is 37.1 Å². The average molecular weight is 477 g/mol. The lowest BCUT2D eigenvalue weighted by Gasteiger charge is -2.14. The van der Waals surface area contributed by atoms with E-state index >= 15 is 0 Å². The molecule has 10 heteroatoms. The summed E-state index contributed by atoms with van der Waals surface area (Å²) in [4.78, 5) is 23.9. The van der Waals surface area contributed by atoms with E-state index in [4.69, 9.17) is 14.2 Å². The maximum atomic E-state index is 12.5. The van der Waals surface area contributed by atoms with Gasteiger partial charge < -0.3 is 19.5 Å². The zero-order valence-corrected chi connectivity index (χ0v) is 19.2. The monoisotopic (exact) mass is 476 g/mol. The van der Waals surface area contributed by atoms with Crippen LogP contribution < -0.4 is 19.5 Å². The lowest BCUT2D eigenvalue weighted by atomic mass is 10.1. The van der Waals surface area contributed by atoms with Crippen LogP contribution in [0.2, 0.25) is 0 Å². The average Bonchev–Trinajstić information content (AvgIpc) is 3.06. The molecule has 0 radical (unpaired) electrons. The Morgan fingerprint density at radius 1 is 1.06 bits per heavy atom. The van der Waals surface area contributed by atoms with E-state index < -0.39 is 35.1 Å². The van der Waals surface area contributed by atoms with Crippen LogP contribution in [-0.4, -0.2) is 52.7 Å². The topological polar surface area (TPSA) is 120 Å². The third-order valence-electron chi connectivity index (χ3n) is 4.92. The van der Waals surface area contributed by atoms with Crippen molar-refractivity contribution in [3.63, 3.8) is 0 Å². The first-order valence-corrected chi connectivity index (χ1v) is 12.2. The van der Waals surface area contributed by atoms with Gasteiger partial charge in [-0.25, -0.2) is 8.42 Å². The maximum Gasteiger partial charge on any atom is 0.321 e. The molecule has 0 spiro atoms. The number of fused-ring (bicyclic) bond motifs is 1. The number of hydrogen-bond acceptors (Lipinski definition) is 7. The minimum absolute atomic E-state index is 0.0652. The number of esters is 1. The van der Waals surface area contributed by atoms with Gasteiger partial charge in [-0.15, -0.1) is 0 Å². The summed E-state index contributed by atoms with van der Waals surface area (Å²) in [5.74, 6) is -0.513. The van der Waals surface area contributed by atoms with Gasteiger partial charge in [0.15, 0.2) is 18.1 Å². The van der Waals surface area contributed by atoms with Gasteiger partial charge in [-0.1, -0.05) is 30.3 Å². The van der Waals surface area contributed by atoms with Gasteiger partial charge in [0.25, 0.3) is 5.91 Å². The van der Waals surface area contributed by atoms with Crippen molar-refractivity contribution in [1.29, 1.82) is 0 Å². The first-order chi connectivity index (χ1) is 15.8. The molecule has 0 aromatic heterocycles. The van der Waals surface area contributed by atoms with Crippen LogP contribution in [0.25, 0.3) is 0 Å². The number of rotatable bonds is 10. The molecule has 1 aliphatic heterocycles. The standard InChI is InChI=1S/C23H28N2O7S/c1-17(8-9-18-6-3-2-4-7-18)25-22(26)16-32-23(27)15-24-33(28,29)19-10-11-20-21(14-19)31-13-5-12-30-20/h2-4,6-7,10-11,14,17,24H,5,8-9,12-13,15-16H2,1H3,(H,25,26)/t17-/m1/s1. The highest BCUT2D eigenvalue weighted by atomic mass is 32.2. The van der Waals surface area contributed by atoms with Crippen LogP contribution in [0.1, 0.15) is 25.3 Å². The van der Waals surface area contributed by atoms with Gasteiger partial charge in [-0.3, -0.25) is 9.59 Å². The molecular weight excluding hydrogens is 448 g/mol. The van der Waals surface area contributed by atoms with Crippen LogP contribution in [0, 0.1) is 0 Å². The molecule has 1 heterocycles. The second kappa shape index (κ2) is 11.7. The molecular formula is C23H28N2O7S. The summed E-state index contributed by atoms with van der Waals surface area (Å²) in [7, 11) is -3.98. The summed E-state index contributed by atoms with van der Waals surface area (Å²) in [6.45, 7) is 1.69. The zero-order valence-electron chi connectivity index (χ0n) is 18.4. The number of ether oxygens (including phenoxy) is 3. The Balaban J connectivity index is 1.40. The van der Waals surface area contributed by atoms with E-state index in [0.717, 1.165) is 12.8 Å². The van der Waals surface area contributed by atoms with E-state index in [2.05, 4.69) is 10.0 Å². The van der Waals surface area contributed by atoms with E-state index in [1.54, 1.807) is 0 Å². The predicted molar refractivity (Wildman–Crippen MR) is 121 cm³/mol. The first kappa shape index (κ1) is 24.5. The van der Waals surface area contributed by atoms with Gasteiger partial charge in [0.1, 0.15) is 6.54 Å². The molecule has 0 fully saturated rings. The summed E-state index contributed by atoms with van der Waals surface area (Å²) in [6, 6.07) is 14.0. The van der Waals surface area contributed by atoms with E-state index in [1.165, 1.54) is 23.8 Å². The van der Waals surface area contributed by atoms with Gasteiger partial charge in [-0.05, 0) is 37.5 Å². The van der Waals surface area contributed by atoms with E-state index in [1.807, 2.05) is 37.3 Å². The van der Waals surface area contributed by atoms with Crippen LogP contribution in [0.15, 0.2) is 53.4 Å². The highest BCUT2D eigenvalue weighted by Crippen LogP contribution is 2.31. The van der Waals surface area contributed by atoms with Gasteiger partial charge in [0.05, 0.1) is 18.1 Å². The number of benzene rings is 2. The number of carbonyl (C=O) groups is 2. The van der Waals surface area contributed by atoms with Gasteiger partial charge >= 0.3 is 5.97 Å². The van der Waals surface area contributed by atoms with Crippen molar-refractivity contribution in [2.75, 3.05) is 26.4 Å². The SMILES string of the molecule is C[C@H](CCc1ccccc1)NC(=O)COC(=O)CNS(=O)(=O)c1ccc2c(c1)OCCCO2. The zero-order chi connectivity index (χ0) is 23.7. The van der Waals surface area contributed by atoms with Crippen LogP contribution in [0.4, 0.5) is 0 Å². The Morgan fingerprint density at radius 2 is 1.79 bits per heavy atom. The summed E-state index contributed by atoms with van der Waals surface area (Å²) in [5.41, 5.74) is 1.17. The van der Waals surface area contributed by atoms with Crippen LogP contribution in [0.5, 0.6) is 11.5 Å². The van der Waals surface area contributed by atoms with Crippen molar-refractivity contribution in [3.8, 4) is 11.5 Å². The normalized spacial score (nSPS) is 14.1. The molecule has 0 saturated carbocycles. The first-order valence-electron chi connectivity index (χ1n) is 10.7. The van der Waals surface area contributed by atoms with Crippen molar-refractivity contribution in [2.24, 2.45) is 0 Å². The molecule has 2 aromatic carbocycles. The van der Waals surface area contributed by atoms with Crippen LogP contribution in [-0.2, 0) is 30.8 Å². The summed E-state index contributed by atoms with van der Waals surface area (Å²) in [6.07, 6.45) is 2.24. The number of nitrogens with one attached hydrogen (secondary N) is 2. The molecule has 33 heavy (non-hydrogen) atoms. The largest absolute Gasteiger partial charge is 0.490 e. The van der Waals surface area contributed by atoms with Crippen LogP contribution >= 0.6 is 0 Å². The number of carbonyl (C=O) groups excluding carboxylic acids is 2. The number of amides is 1. The van der Waals surface area contributed by atoms with E-state index in [-0.39, 0.29) is 10.9 Å². The Hall–Kier alpha value is -3.11.